The maximum absolute atomic E-state index is 12.9. The normalized spacial score (nSPS) is 11.7. The molecule has 0 heterocycles. The molecule has 0 spiro atoms. The largest absolute Gasteiger partial charge is 0.354 e. The van der Waals surface area contributed by atoms with E-state index in [0.717, 1.165) is 22.2 Å². The highest BCUT2D eigenvalue weighted by atomic mass is 79.9. The number of carbonyl (C=O) groups is 2. The van der Waals surface area contributed by atoms with Crippen LogP contribution in [0.25, 0.3) is 0 Å². The molecule has 0 bridgehead atoms. The van der Waals surface area contributed by atoms with Gasteiger partial charge in [0.15, 0.2) is 0 Å². The number of nitrogens with zero attached hydrogens (tertiary/aromatic N) is 1. The topological polar surface area (TPSA) is 49.4 Å². The van der Waals surface area contributed by atoms with Crippen LogP contribution in [0.3, 0.4) is 0 Å². The van der Waals surface area contributed by atoms with Gasteiger partial charge in [-0.1, -0.05) is 65.3 Å². The first-order valence-electron chi connectivity index (χ1n) is 9.44. The number of hydrogen-bond acceptors (Lipinski definition) is 3. The summed E-state index contributed by atoms with van der Waals surface area (Å²) in [6.07, 6.45) is 0.867. The minimum Gasteiger partial charge on any atom is -0.354 e. The lowest BCUT2D eigenvalue weighted by molar-refractivity contribution is -0.138. The van der Waals surface area contributed by atoms with E-state index in [2.05, 4.69) is 33.4 Å². The molecule has 0 aromatic heterocycles. The van der Waals surface area contributed by atoms with Crippen molar-refractivity contribution in [3.8, 4) is 0 Å². The van der Waals surface area contributed by atoms with E-state index in [9.17, 15) is 9.59 Å². The van der Waals surface area contributed by atoms with E-state index in [0.29, 0.717) is 18.8 Å². The highest BCUT2D eigenvalue weighted by molar-refractivity contribution is 9.10. The fraction of sp³-hybridized carbons (Fsp3) is 0.364. The van der Waals surface area contributed by atoms with Gasteiger partial charge >= 0.3 is 0 Å². The van der Waals surface area contributed by atoms with Crippen molar-refractivity contribution in [2.45, 2.75) is 38.6 Å². The Morgan fingerprint density at radius 1 is 1.07 bits per heavy atom. The molecule has 0 aliphatic rings. The fourth-order valence-electron chi connectivity index (χ4n) is 2.68. The summed E-state index contributed by atoms with van der Waals surface area (Å²) in [5, 5.41) is 2.90. The summed E-state index contributed by atoms with van der Waals surface area (Å²) in [5.41, 5.74) is 2.19. The number of benzene rings is 2. The van der Waals surface area contributed by atoms with Gasteiger partial charge in [-0.3, -0.25) is 9.59 Å². The summed E-state index contributed by atoms with van der Waals surface area (Å²) in [6, 6.07) is 17.4. The molecule has 150 valence electrons. The molecule has 28 heavy (non-hydrogen) atoms. The monoisotopic (exact) mass is 462 g/mol. The second kappa shape index (κ2) is 11.9. The van der Waals surface area contributed by atoms with Crippen molar-refractivity contribution in [1.29, 1.82) is 0 Å². The Morgan fingerprint density at radius 3 is 2.39 bits per heavy atom. The second-order valence-corrected chi connectivity index (χ2v) is 8.49. The van der Waals surface area contributed by atoms with Gasteiger partial charge in [0.05, 0.1) is 5.75 Å². The van der Waals surface area contributed by atoms with Gasteiger partial charge in [-0.05, 0) is 36.6 Å². The summed E-state index contributed by atoms with van der Waals surface area (Å²) < 4.78 is 0.987. The van der Waals surface area contributed by atoms with Crippen LogP contribution in [-0.2, 0) is 21.9 Å². The minimum absolute atomic E-state index is 0.0250. The van der Waals surface area contributed by atoms with Crippen LogP contribution in [0, 0.1) is 0 Å². The molecule has 6 heteroatoms. The second-order valence-electron chi connectivity index (χ2n) is 6.59. The Kier molecular flexibility index (Phi) is 9.58. The zero-order valence-corrected chi connectivity index (χ0v) is 18.8. The molecule has 0 fully saturated rings. The van der Waals surface area contributed by atoms with Crippen molar-refractivity contribution in [3.05, 3.63) is 70.2 Å². The van der Waals surface area contributed by atoms with Crippen LogP contribution in [0.5, 0.6) is 0 Å². The van der Waals surface area contributed by atoms with E-state index in [4.69, 9.17) is 0 Å². The van der Waals surface area contributed by atoms with Gasteiger partial charge in [-0.25, -0.2) is 0 Å². The predicted octanol–water partition coefficient (Wildman–Crippen LogP) is 4.63. The van der Waals surface area contributed by atoms with Gasteiger partial charge in [-0.15, -0.1) is 11.8 Å². The molecule has 0 saturated heterocycles. The van der Waals surface area contributed by atoms with Crippen LogP contribution in [0.1, 0.15) is 31.4 Å². The van der Waals surface area contributed by atoms with Gasteiger partial charge in [0, 0.05) is 23.3 Å². The first kappa shape index (κ1) is 22.5. The molecular formula is C22H27BrN2O2S. The van der Waals surface area contributed by atoms with Crippen LogP contribution < -0.4 is 5.32 Å². The molecule has 0 aliphatic carbocycles. The lowest BCUT2D eigenvalue weighted by Gasteiger charge is -2.28. The van der Waals surface area contributed by atoms with E-state index in [-0.39, 0.29) is 11.8 Å². The van der Waals surface area contributed by atoms with Crippen LogP contribution in [0.4, 0.5) is 0 Å². The van der Waals surface area contributed by atoms with Crippen LogP contribution in [0.2, 0.25) is 0 Å². The Bertz CT molecular complexity index is 753. The number of rotatable bonds is 10. The summed E-state index contributed by atoms with van der Waals surface area (Å²) >= 11 is 5.00. The Morgan fingerprint density at radius 2 is 1.75 bits per heavy atom. The van der Waals surface area contributed by atoms with Gasteiger partial charge < -0.3 is 10.2 Å². The van der Waals surface area contributed by atoms with Crippen LogP contribution >= 0.6 is 27.7 Å². The SMILES string of the molecule is CCCNC(=O)[C@@H](C)N(Cc1ccc(Br)cc1)C(=O)CSCc1ccccc1. The third-order valence-electron chi connectivity index (χ3n) is 4.32. The Balaban J connectivity index is 2.03. The lowest BCUT2D eigenvalue weighted by atomic mass is 10.1. The average Bonchev–Trinajstić information content (AvgIpc) is 2.71. The van der Waals surface area contributed by atoms with Gasteiger partial charge in [0.1, 0.15) is 6.04 Å². The number of hydrogen-bond donors (Lipinski definition) is 1. The van der Waals surface area contributed by atoms with E-state index < -0.39 is 6.04 Å². The molecule has 0 radical (unpaired) electrons. The first-order chi connectivity index (χ1) is 13.5. The summed E-state index contributed by atoms with van der Waals surface area (Å²) in [5.74, 6) is 0.981. The van der Waals surface area contributed by atoms with Crippen LogP contribution in [-0.4, -0.2) is 35.1 Å². The Labute approximate surface area is 180 Å². The van der Waals surface area contributed by atoms with E-state index in [1.165, 1.54) is 5.56 Å². The Hall–Kier alpha value is -1.79. The standard InChI is InChI=1S/C22H27BrN2O2S/c1-3-13-24-22(27)17(2)25(14-18-9-11-20(23)12-10-18)21(26)16-28-15-19-7-5-4-6-8-19/h4-12,17H,3,13-16H2,1-2H3,(H,24,27)/t17-/m1/s1. The van der Waals surface area contributed by atoms with Crippen molar-refractivity contribution in [1.82, 2.24) is 10.2 Å². The van der Waals surface area contributed by atoms with Crippen molar-refractivity contribution in [3.63, 3.8) is 0 Å². The van der Waals surface area contributed by atoms with Crippen LogP contribution in [0.15, 0.2) is 59.1 Å². The molecule has 2 aromatic rings. The zero-order valence-electron chi connectivity index (χ0n) is 16.4. The summed E-state index contributed by atoms with van der Waals surface area (Å²) in [7, 11) is 0. The van der Waals surface area contributed by atoms with E-state index in [1.807, 2.05) is 49.4 Å². The number of amides is 2. The molecular weight excluding hydrogens is 436 g/mol. The minimum atomic E-state index is -0.514. The van der Waals surface area contributed by atoms with E-state index >= 15 is 0 Å². The van der Waals surface area contributed by atoms with Gasteiger partial charge in [-0.2, -0.15) is 0 Å². The third kappa shape index (κ3) is 7.32. The maximum atomic E-state index is 12.9. The maximum Gasteiger partial charge on any atom is 0.242 e. The summed E-state index contributed by atoms with van der Waals surface area (Å²) in [4.78, 5) is 27.1. The molecule has 4 nitrogen and oxygen atoms in total. The number of thioether (sulfide) groups is 1. The molecule has 2 amide bonds. The van der Waals surface area contributed by atoms with Gasteiger partial charge in [0.25, 0.3) is 0 Å². The first-order valence-corrected chi connectivity index (χ1v) is 11.4. The number of nitrogens with one attached hydrogen (secondary N) is 1. The zero-order chi connectivity index (χ0) is 20.4. The van der Waals surface area contributed by atoms with Crippen molar-refractivity contribution in [2.75, 3.05) is 12.3 Å². The molecule has 0 aliphatic heterocycles. The number of halogens is 1. The molecule has 0 saturated carbocycles. The molecule has 0 unspecified atom stereocenters. The fourth-order valence-corrected chi connectivity index (χ4v) is 3.81. The van der Waals surface area contributed by atoms with Crippen molar-refractivity contribution < 1.29 is 9.59 Å². The highest BCUT2D eigenvalue weighted by Crippen LogP contribution is 2.17. The number of carbonyl (C=O) groups excluding carboxylic acids is 2. The smallest absolute Gasteiger partial charge is 0.242 e. The predicted molar refractivity (Wildman–Crippen MR) is 120 cm³/mol. The third-order valence-corrected chi connectivity index (χ3v) is 5.84. The molecule has 1 atom stereocenters. The van der Waals surface area contributed by atoms with Gasteiger partial charge in [0.2, 0.25) is 11.8 Å². The molecule has 1 N–H and O–H groups in total. The molecule has 2 rings (SSSR count). The van der Waals surface area contributed by atoms with Crippen molar-refractivity contribution in [2.24, 2.45) is 0 Å². The average molecular weight is 463 g/mol. The molecule has 2 aromatic carbocycles. The quantitative estimate of drug-likeness (QED) is 0.559. The highest BCUT2D eigenvalue weighted by Gasteiger charge is 2.25. The van der Waals surface area contributed by atoms with Crippen molar-refractivity contribution >= 4 is 39.5 Å². The lowest BCUT2D eigenvalue weighted by Crippen LogP contribution is -2.48. The summed E-state index contributed by atoms with van der Waals surface area (Å²) in [6.45, 7) is 4.84. The van der Waals surface area contributed by atoms with E-state index in [1.54, 1.807) is 23.6 Å².